The maximum Gasteiger partial charge on any atom is 0.317 e. The maximum absolute atomic E-state index is 13.8. The number of hydrogen-bond donors (Lipinski definition) is 1. The van der Waals surface area contributed by atoms with Crippen LogP contribution in [-0.4, -0.2) is 42.5 Å². The summed E-state index contributed by atoms with van der Waals surface area (Å²) in [7, 11) is 1.58. The number of likely N-dealkylation sites (tertiary alicyclic amines) is 1. The van der Waals surface area contributed by atoms with Gasteiger partial charge < -0.3 is 14.6 Å². The summed E-state index contributed by atoms with van der Waals surface area (Å²) < 4.78 is 32.4. The molecule has 1 atom stereocenters. The third-order valence-electron chi connectivity index (χ3n) is 4.92. The Bertz CT molecular complexity index is 746. The lowest BCUT2D eigenvalue weighted by Gasteiger charge is -2.33. The second-order valence-electron chi connectivity index (χ2n) is 6.91. The molecule has 2 amide bonds. The Morgan fingerprint density at radius 3 is 2.70 bits per heavy atom. The van der Waals surface area contributed by atoms with E-state index < -0.39 is 11.6 Å². The Balaban J connectivity index is 1.59. The number of piperidine rings is 1. The summed E-state index contributed by atoms with van der Waals surface area (Å²) in [5.74, 6) is -0.466. The van der Waals surface area contributed by atoms with Gasteiger partial charge in [0.1, 0.15) is 17.4 Å². The molecule has 1 aliphatic heterocycles. The van der Waals surface area contributed by atoms with Crippen LogP contribution in [0.25, 0.3) is 0 Å². The Morgan fingerprint density at radius 2 is 2.04 bits per heavy atom. The van der Waals surface area contributed by atoms with E-state index in [1.807, 2.05) is 12.1 Å². The molecule has 27 heavy (non-hydrogen) atoms. The Kier molecular flexibility index (Phi) is 6.45. The highest BCUT2D eigenvalue weighted by Gasteiger charge is 2.25. The lowest BCUT2D eigenvalue weighted by atomic mass is 10.1. The number of nitrogens with one attached hydrogen (secondary N) is 1. The van der Waals surface area contributed by atoms with E-state index in [0.717, 1.165) is 37.8 Å². The third-order valence-corrected chi connectivity index (χ3v) is 4.92. The van der Waals surface area contributed by atoms with E-state index in [1.54, 1.807) is 13.3 Å². The molecular formula is C20H25F2N3O2. The Morgan fingerprint density at radius 1 is 1.26 bits per heavy atom. The molecule has 1 aliphatic rings. The van der Waals surface area contributed by atoms with Crippen LogP contribution < -0.4 is 5.32 Å². The zero-order valence-corrected chi connectivity index (χ0v) is 15.5. The minimum absolute atomic E-state index is 0.0276. The van der Waals surface area contributed by atoms with Crippen molar-refractivity contribution in [3.8, 4) is 0 Å². The van der Waals surface area contributed by atoms with Crippen molar-refractivity contribution in [3.05, 3.63) is 59.6 Å². The molecule has 2 aromatic rings. The smallest absolute Gasteiger partial charge is 0.317 e. The van der Waals surface area contributed by atoms with Gasteiger partial charge in [-0.15, -0.1) is 0 Å². The summed E-state index contributed by atoms with van der Waals surface area (Å²) >= 11 is 0. The van der Waals surface area contributed by atoms with Crippen molar-refractivity contribution < 1.29 is 18.0 Å². The van der Waals surface area contributed by atoms with E-state index in [4.69, 9.17) is 4.42 Å². The number of benzene rings is 1. The first-order valence-corrected chi connectivity index (χ1v) is 9.25. The number of rotatable bonds is 6. The van der Waals surface area contributed by atoms with Crippen molar-refractivity contribution in [2.75, 3.05) is 26.7 Å². The molecule has 1 aromatic heterocycles. The number of hydrogen-bond acceptors (Lipinski definition) is 3. The number of nitrogens with zero attached hydrogens (tertiary/aromatic N) is 2. The largest absolute Gasteiger partial charge is 0.468 e. The zero-order valence-electron chi connectivity index (χ0n) is 15.5. The zero-order chi connectivity index (χ0) is 19.2. The lowest BCUT2D eigenvalue weighted by molar-refractivity contribution is 0.140. The number of urea groups is 1. The number of carbonyl (C=O) groups is 1. The minimum atomic E-state index is -0.656. The Labute approximate surface area is 157 Å². The van der Waals surface area contributed by atoms with Crippen molar-refractivity contribution in [2.45, 2.75) is 31.8 Å². The van der Waals surface area contributed by atoms with E-state index >= 15 is 0 Å². The van der Waals surface area contributed by atoms with Crippen LogP contribution in [0.2, 0.25) is 0 Å². The van der Waals surface area contributed by atoms with Gasteiger partial charge in [-0.05, 0) is 44.1 Å². The van der Waals surface area contributed by atoms with E-state index in [9.17, 15) is 13.6 Å². The molecule has 1 N–H and O–H groups in total. The molecular weight excluding hydrogens is 352 g/mol. The molecule has 146 valence electrons. The van der Waals surface area contributed by atoms with Crippen LogP contribution in [0.5, 0.6) is 0 Å². The van der Waals surface area contributed by atoms with Gasteiger partial charge in [-0.2, -0.15) is 0 Å². The van der Waals surface area contributed by atoms with Crippen LogP contribution in [0.15, 0.2) is 41.0 Å². The number of halogens is 2. The van der Waals surface area contributed by atoms with E-state index in [2.05, 4.69) is 10.2 Å². The molecule has 1 fully saturated rings. The first-order chi connectivity index (χ1) is 13.0. The fourth-order valence-corrected chi connectivity index (χ4v) is 3.42. The molecule has 0 radical (unpaired) electrons. The molecule has 0 bridgehead atoms. The second-order valence-corrected chi connectivity index (χ2v) is 6.91. The van der Waals surface area contributed by atoms with Crippen molar-refractivity contribution >= 4 is 6.03 Å². The fourth-order valence-electron chi connectivity index (χ4n) is 3.42. The summed E-state index contributed by atoms with van der Waals surface area (Å²) in [6, 6.07) is 6.79. The van der Waals surface area contributed by atoms with Gasteiger partial charge in [0.25, 0.3) is 0 Å². The van der Waals surface area contributed by atoms with Crippen LogP contribution in [0.1, 0.15) is 36.6 Å². The molecule has 0 aliphatic carbocycles. The van der Waals surface area contributed by atoms with Crippen LogP contribution >= 0.6 is 0 Å². The predicted molar refractivity (Wildman–Crippen MR) is 98.1 cm³/mol. The number of amides is 2. The van der Waals surface area contributed by atoms with Crippen LogP contribution in [0.3, 0.4) is 0 Å². The van der Waals surface area contributed by atoms with Gasteiger partial charge in [0.15, 0.2) is 0 Å². The summed E-state index contributed by atoms with van der Waals surface area (Å²) in [6.45, 7) is 2.41. The van der Waals surface area contributed by atoms with Gasteiger partial charge in [-0.1, -0.05) is 12.5 Å². The quantitative estimate of drug-likeness (QED) is 0.830. The van der Waals surface area contributed by atoms with E-state index in [1.165, 1.54) is 23.5 Å². The SMILES string of the molecule is CN(Cc1ccc(F)cc1F)C(=O)NCC(c1ccco1)N1CCCCC1. The van der Waals surface area contributed by atoms with Crippen LogP contribution in [-0.2, 0) is 6.54 Å². The Hall–Kier alpha value is -2.41. The second kappa shape index (κ2) is 8.99. The topological polar surface area (TPSA) is 48.7 Å². The molecule has 7 heteroatoms. The number of furan rings is 1. The van der Waals surface area contributed by atoms with Gasteiger partial charge in [-0.25, -0.2) is 13.6 Å². The monoisotopic (exact) mass is 377 g/mol. The molecule has 1 saturated heterocycles. The summed E-state index contributed by atoms with van der Waals surface area (Å²) in [5.41, 5.74) is 0.271. The lowest BCUT2D eigenvalue weighted by Crippen LogP contribution is -2.44. The van der Waals surface area contributed by atoms with Gasteiger partial charge in [-0.3, -0.25) is 4.90 Å². The predicted octanol–water partition coefficient (Wildman–Crippen LogP) is 3.93. The highest BCUT2D eigenvalue weighted by molar-refractivity contribution is 5.73. The number of carbonyl (C=O) groups excluding carboxylic acids is 1. The fraction of sp³-hybridized carbons (Fsp3) is 0.450. The van der Waals surface area contributed by atoms with Crippen molar-refractivity contribution in [2.24, 2.45) is 0 Å². The molecule has 0 saturated carbocycles. The average molecular weight is 377 g/mol. The summed E-state index contributed by atoms with van der Waals surface area (Å²) in [4.78, 5) is 16.2. The first kappa shape index (κ1) is 19.4. The van der Waals surface area contributed by atoms with Crippen LogP contribution in [0, 0.1) is 11.6 Å². The first-order valence-electron chi connectivity index (χ1n) is 9.25. The van der Waals surface area contributed by atoms with Gasteiger partial charge in [0.05, 0.1) is 12.3 Å². The van der Waals surface area contributed by atoms with Crippen molar-refractivity contribution in [1.82, 2.24) is 15.1 Å². The highest BCUT2D eigenvalue weighted by Crippen LogP contribution is 2.24. The molecule has 1 unspecified atom stereocenters. The average Bonchev–Trinajstić information content (AvgIpc) is 3.19. The maximum atomic E-state index is 13.8. The molecule has 0 spiro atoms. The van der Waals surface area contributed by atoms with Crippen molar-refractivity contribution in [3.63, 3.8) is 0 Å². The van der Waals surface area contributed by atoms with Gasteiger partial charge >= 0.3 is 6.03 Å². The van der Waals surface area contributed by atoms with Gasteiger partial charge in [0, 0.05) is 31.8 Å². The van der Waals surface area contributed by atoms with Crippen LogP contribution in [0.4, 0.5) is 13.6 Å². The molecule has 2 heterocycles. The van der Waals surface area contributed by atoms with Gasteiger partial charge in [0.2, 0.25) is 0 Å². The minimum Gasteiger partial charge on any atom is -0.468 e. The molecule has 5 nitrogen and oxygen atoms in total. The normalized spacial score (nSPS) is 16.1. The highest BCUT2D eigenvalue weighted by atomic mass is 19.1. The molecule has 1 aromatic carbocycles. The summed E-state index contributed by atoms with van der Waals surface area (Å²) in [5, 5.41) is 2.91. The third kappa shape index (κ3) is 5.07. The molecule has 3 rings (SSSR count). The standard InChI is InChI=1S/C20H25F2N3O2/c1-24(14-15-7-8-16(21)12-17(15)22)20(26)23-13-18(19-6-5-11-27-19)25-9-3-2-4-10-25/h5-8,11-12,18H,2-4,9-10,13-14H2,1H3,(H,23,26). The summed E-state index contributed by atoms with van der Waals surface area (Å²) in [6.07, 6.45) is 5.13. The van der Waals surface area contributed by atoms with E-state index in [0.29, 0.717) is 6.54 Å². The van der Waals surface area contributed by atoms with Crippen molar-refractivity contribution in [1.29, 1.82) is 0 Å². The van der Waals surface area contributed by atoms with E-state index in [-0.39, 0.29) is 24.2 Å².